The molecule has 1 aliphatic rings. The third-order valence-corrected chi connectivity index (χ3v) is 3.89. The van der Waals surface area contributed by atoms with Crippen LogP contribution in [0.5, 0.6) is 0 Å². The average Bonchev–Trinajstić information content (AvgIpc) is 2.39. The molecule has 1 amide bonds. The van der Waals surface area contributed by atoms with Crippen molar-refractivity contribution in [1.82, 2.24) is 5.32 Å². The molecule has 0 saturated carbocycles. The van der Waals surface area contributed by atoms with Crippen molar-refractivity contribution in [2.75, 3.05) is 11.9 Å². The number of carbonyl (C=O) groups excluding carboxylic acids is 1. The van der Waals surface area contributed by atoms with Crippen molar-refractivity contribution >= 4 is 29.2 Å². The fraction of sp³-hybridized carbons (Fsp3) is 0.429. The second-order valence-corrected chi connectivity index (χ2v) is 5.58. The van der Waals surface area contributed by atoms with Gasteiger partial charge in [0.2, 0.25) is 5.91 Å². The van der Waals surface area contributed by atoms with E-state index in [0.717, 1.165) is 25.8 Å². The first-order valence-corrected chi connectivity index (χ1v) is 6.89. The highest BCUT2D eigenvalue weighted by molar-refractivity contribution is 6.33. The quantitative estimate of drug-likeness (QED) is 0.801. The minimum absolute atomic E-state index is 0.0201. The van der Waals surface area contributed by atoms with Crippen LogP contribution in [-0.4, -0.2) is 29.1 Å². The highest BCUT2D eigenvalue weighted by Crippen LogP contribution is 2.24. The third-order valence-electron chi connectivity index (χ3n) is 3.58. The standard InChI is InChI=1S/C14H17ClN2O3/c1-14(6-2-3-7-16-14)13(20)17-9-4-5-10(12(18)19)11(15)8-9/h4-5,8,16H,2-3,6-7H2,1H3,(H,17,20)(H,18,19). The van der Waals surface area contributed by atoms with Crippen molar-refractivity contribution in [3.05, 3.63) is 28.8 Å². The number of hydrogen-bond acceptors (Lipinski definition) is 3. The molecule has 3 N–H and O–H groups in total. The van der Waals surface area contributed by atoms with E-state index >= 15 is 0 Å². The number of hydrogen-bond donors (Lipinski definition) is 3. The van der Waals surface area contributed by atoms with Gasteiger partial charge in [0, 0.05) is 5.69 Å². The van der Waals surface area contributed by atoms with Crippen LogP contribution in [-0.2, 0) is 4.79 Å². The van der Waals surface area contributed by atoms with Gasteiger partial charge in [-0.2, -0.15) is 0 Å². The largest absolute Gasteiger partial charge is 0.478 e. The number of carbonyl (C=O) groups is 2. The number of halogens is 1. The van der Waals surface area contributed by atoms with Gasteiger partial charge in [0.25, 0.3) is 0 Å². The molecular weight excluding hydrogens is 280 g/mol. The van der Waals surface area contributed by atoms with Crippen LogP contribution >= 0.6 is 11.6 Å². The Hall–Kier alpha value is -1.59. The maximum atomic E-state index is 12.3. The van der Waals surface area contributed by atoms with Crippen molar-refractivity contribution < 1.29 is 14.7 Å². The lowest BCUT2D eigenvalue weighted by Gasteiger charge is -2.33. The van der Waals surface area contributed by atoms with Gasteiger partial charge in [0.1, 0.15) is 0 Å². The smallest absolute Gasteiger partial charge is 0.337 e. The molecule has 1 aliphatic heterocycles. The van der Waals surface area contributed by atoms with Gasteiger partial charge in [-0.15, -0.1) is 0 Å². The van der Waals surface area contributed by atoms with Crippen LogP contribution in [0, 0.1) is 0 Å². The highest BCUT2D eigenvalue weighted by Gasteiger charge is 2.34. The van der Waals surface area contributed by atoms with Crippen molar-refractivity contribution in [3.63, 3.8) is 0 Å². The van der Waals surface area contributed by atoms with Gasteiger partial charge in [-0.25, -0.2) is 4.79 Å². The van der Waals surface area contributed by atoms with Crippen molar-refractivity contribution in [2.45, 2.75) is 31.7 Å². The lowest BCUT2D eigenvalue weighted by molar-refractivity contribution is -0.122. The lowest BCUT2D eigenvalue weighted by Crippen LogP contribution is -2.54. The number of nitrogens with one attached hydrogen (secondary N) is 2. The van der Waals surface area contributed by atoms with Gasteiger partial charge in [0.15, 0.2) is 0 Å². The summed E-state index contributed by atoms with van der Waals surface area (Å²) in [5.74, 6) is -1.22. The topological polar surface area (TPSA) is 78.4 Å². The summed E-state index contributed by atoms with van der Waals surface area (Å²) in [5, 5.41) is 15.0. The summed E-state index contributed by atoms with van der Waals surface area (Å²) in [6.45, 7) is 2.69. The van der Waals surface area contributed by atoms with Crippen molar-refractivity contribution in [2.24, 2.45) is 0 Å². The Morgan fingerprint density at radius 3 is 2.70 bits per heavy atom. The highest BCUT2D eigenvalue weighted by atomic mass is 35.5. The number of benzene rings is 1. The van der Waals surface area contributed by atoms with Crippen molar-refractivity contribution in [1.29, 1.82) is 0 Å². The van der Waals surface area contributed by atoms with Gasteiger partial charge in [-0.1, -0.05) is 11.6 Å². The van der Waals surface area contributed by atoms with E-state index in [2.05, 4.69) is 10.6 Å². The summed E-state index contributed by atoms with van der Waals surface area (Å²) < 4.78 is 0. The predicted molar refractivity (Wildman–Crippen MR) is 77.3 cm³/mol. The van der Waals surface area contributed by atoms with Gasteiger partial charge in [-0.05, 0) is 50.9 Å². The Balaban J connectivity index is 2.12. The molecule has 0 spiro atoms. The minimum Gasteiger partial charge on any atom is -0.478 e. The second kappa shape index (κ2) is 5.81. The van der Waals surface area contributed by atoms with Crippen molar-refractivity contribution in [3.8, 4) is 0 Å². The van der Waals surface area contributed by atoms with Crippen LogP contribution in [0.15, 0.2) is 18.2 Å². The summed E-state index contributed by atoms with van der Waals surface area (Å²) in [5.41, 5.74) is -0.0683. The van der Waals surface area contributed by atoms with E-state index < -0.39 is 11.5 Å². The fourth-order valence-electron chi connectivity index (χ4n) is 2.29. The Kier molecular flexibility index (Phi) is 4.30. The van der Waals surface area contributed by atoms with Gasteiger partial charge in [0.05, 0.1) is 16.1 Å². The molecule has 0 aliphatic carbocycles. The molecular formula is C14H17ClN2O3. The van der Waals surface area contributed by atoms with Crippen LogP contribution < -0.4 is 10.6 Å². The maximum absolute atomic E-state index is 12.3. The Morgan fingerprint density at radius 2 is 2.15 bits per heavy atom. The molecule has 1 heterocycles. The number of anilines is 1. The van der Waals surface area contributed by atoms with E-state index in [1.54, 1.807) is 6.07 Å². The summed E-state index contributed by atoms with van der Waals surface area (Å²) in [6.07, 6.45) is 2.86. The fourth-order valence-corrected chi connectivity index (χ4v) is 2.55. The Morgan fingerprint density at radius 1 is 1.40 bits per heavy atom. The molecule has 2 rings (SSSR count). The molecule has 1 atom stereocenters. The van der Waals surface area contributed by atoms with E-state index in [1.807, 2.05) is 6.92 Å². The van der Waals surface area contributed by atoms with Gasteiger partial charge < -0.3 is 15.7 Å². The first-order chi connectivity index (χ1) is 9.42. The predicted octanol–water partition coefficient (Wildman–Crippen LogP) is 2.51. The number of carboxylic acids is 1. The summed E-state index contributed by atoms with van der Waals surface area (Å²) in [7, 11) is 0. The molecule has 108 valence electrons. The molecule has 1 unspecified atom stereocenters. The zero-order chi connectivity index (χ0) is 14.8. The number of amides is 1. The Labute approximate surface area is 122 Å². The van der Waals surface area contributed by atoms with E-state index in [0.29, 0.717) is 5.69 Å². The van der Waals surface area contributed by atoms with E-state index in [9.17, 15) is 9.59 Å². The maximum Gasteiger partial charge on any atom is 0.337 e. The van der Waals surface area contributed by atoms with Gasteiger partial charge >= 0.3 is 5.97 Å². The first kappa shape index (κ1) is 14.8. The molecule has 0 radical (unpaired) electrons. The van der Waals surface area contributed by atoms with E-state index in [4.69, 9.17) is 16.7 Å². The minimum atomic E-state index is -1.09. The SMILES string of the molecule is CC1(C(=O)Nc2ccc(C(=O)O)c(Cl)c2)CCCCN1. The molecule has 5 nitrogen and oxygen atoms in total. The van der Waals surface area contributed by atoms with E-state index in [1.165, 1.54) is 12.1 Å². The first-order valence-electron chi connectivity index (χ1n) is 6.52. The normalized spacial score (nSPS) is 22.3. The van der Waals surface area contributed by atoms with Crippen LogP contribution in [0.2, 0.25) is 5.02 Å². The molecule has 0 bridgehead atoms. The monoisotopic (exact) mass is 296 g/mol. The molecule has 1 aromatic rings. The number of aromatic carboxylic acids is 1. The van der Waals surface area contributed by atoms with Crippen LogP contribution in [0.25, 0.3) is 0 Å². The third kappa shape index (κ3) is 3.11. The van der Waals surface area contributed by atoms with Crippen LogP contribution in [0.4, 0.5) is 5.69 Å². The molecule has 1 fully saturated rings. The molecule has 0 aromatic heterocycles. The average molecular weight is 297 g/mol. The summed E-state index contributed by atoms with van der Waals surface area (Å²) >= 11 is 5.88. The molecule has 6 heteroatoms. The summed E-state index contributed by atoms with van der Waals surface area (Å²) in [6, 6.07) is 4.38. The van der Waals surface area contributed by atoms with E-state index in [-0.39, 0.29) is 16.5 Å². The zero-order valence-electron chi connectivity index (χ0n) is 11.2. The number of carboxylic acid groups (broad SMARTS) is 1. The molecule has 1 saturated heterocycles. The Bertz CT molecular complexity index is 539. The molecule has 20 heavy (non-hydrogen) atoms. The number of rotatable bonds is 3. The summed E-state index contributed by atoms with van der Waals surface area (Å²) in [4.78, 5) is 23.2. The second-order valence-electron chi connectivity index (χ2n) is 5.17. The lowest BCUT2D eigenvalue weighted by atomic mass is 9.90. The van der Waals surface area contributed by atoms with Crippen LogP contribution in [0.1, 0.15) is 36.5 Å². The molecule has 1 aromatic carbocycles. The number of piperidine rings is 1. The zero-order valence-corrected chi connectivity index (χ0v) is 12.0. The van der Waals surface area contributed by atoms with Crippen LogP contribution in [0.3, 0.4) is 0 Å². The van der Waals surface area contributed by atoms with Gasteiger partial charge in [-0.3, -0.25) is 4.79 Å².